The number of ether oxygens (including phenoxy) is 2. The molecule has 1 amide bonds. The van der Waals surface area contributed by atoms with E-state index in [1.165, 1.54) is 29.1 Å². The highest BCUT2D eigenvalue weighted by atomic mass is 32.1. The van der Waals surface area contributed by atoms with E-state index in [-0.39, 0.29) is 24.3 Å². The summed E-state index contributed by atoms with van der Waals surface area (Å²) in [4.78, 5) is 21.1. The van der Waals surface area contributed by atoms with Crippen LogP contribution in [0.5, 0.6) is 11.5 Å². The van der Waals surface area contributed by atoms with E-state index in [1.54, 1.807) is 17.5 Å². The first-order chi connectivity index (χ1) is 14.3. The summed E-state index contributed by atoms with van der Waals surface area (Å²) in [6, 6.07) is 6.30. The van der Waals surface area contributed by atoms with Gasteiger partial charge in [-0.1, -0.05) is 6.07 Å². The minimum absolute atomic E-state index is 0.154. The summed E-state index contributed by atoms with van der Waals surface area (Å²) in [5.41, 5.74) is 0.805. The van der Waals surface area contributed by atoms with Crippen LogP contribution in [0.25, 0.3) is 0 Å². The molecular formula is C19H13F4N3O3S. The Balaban J connectivity index is 1.81. The number of pyridine rings is 1. The fraction of sp³-hybridized carbons (Fsp3) is 0.211. The van der Waals surface area contributed by atoms with Gasteiger partial charge in [0, 0.05) is 18.0 Å². The molecule has 0 fully saturated rings. The van der Waals surface area contributed by atoms with Crippen molar-refractivity contribution in [2.45, 2.75) is 18.3 Å². The van der Waals surface area contributed by atoms with E-state index < -0.39 is 29.4 Å². The normalized spacial score (nSPS) is 18.3. The fourth-order valence-corrected chi connectivity index (χ4v) is 3.82. The van der Waals surface area contributed by atoms with E-state index in [0.717, 1.165) is 12.1 Å². The van der Waals surface area contributed by atoms with Gasteiger partial charge in [-0.25, -0.2) is 9.37 Å². The minimum Gasteiger partial charge on any atom is -0.491 e. The largest absolute Gasteiger partial charge is 0.573 e. The van der Waals surface area contributed by atoms with Crippen LogP contribution < -0.4 is 14.8 Å². The van der Waals surface area contributed by atoms with E-state index in [2.05, 4.69) is 20.0 Å². The molecule has 1 aromatic carbocycles. The summed E-state index contributed by atoms with van der Waals surface area (Å²) >= 11 is 1.22. The van der Waals surface area contributed by atoms with Gasteiger partial charge in [-0.15, -0.1) is 24.5 Å². The maximum Gasteiger partial charge on any atom is 0.573 e. The average Bonchev–Trinajstić information content (AvgIpc) is 3.24. The number of carbonyl (C=O) groups is 1. The van der Waals surface area contributed by atoms with E-state index in [0.29, 0.717) is 11.4 Å². The number of carbonyl (C=O) groups excluding carboxylic acids is 1. The second-order valence-corrected chi connectivity index (χ2v) is 7.09. The molecule has 3 heterocycles. The van der Waals surface area contributed by atoms with Gasteiger partial charge in [-0.3, -0.25) is 9.78 Å². The first-order valence-corrected chi connectivity index (χ1v) is 9.57. The predicted molar refractivity (Wildman–Crippen MR) is 97.8 cm³/mol. The van der Waals surface area contributed by atoms with Gasteiger partial charge >= 0.3 is 6.36 Å². The second kappa shape index (κ2) is 7.56. The zero-order chi connectivity index (χ0) is 21.4. The maximum absolute atomic E-state index is 14.5. The van der Waals surface area contributed by atoms with Crippen LogP contribution >= 0.6 is 11.3 Å². The standard InChI is InChI=1S/C19H13F4N3O3S/c20-12-8-11(3-4-14(12)29-19(21,22)23)18(26-17(27)13-9-30-10-25-13)5-7-28-15-2-1-6-24-16(15)18/h1-4,6,8-10H,5,7H2,(H,26,27). The molecule has 1 N–H and O–H groups in total. The number of fused-ring (bicyclic) bond motifs is 1. The second-order valence-electron chi connectivity index (χ2n) is 6.37. The smallest absolute Gasteiger partial charge is 0.491 e. The number of nitrogens with one attached hydrogen (secondary N) is 1. The number of thiazole rings is 1. The molecule has 1 unspecified atom stereocenters. The fourth-order valence-electron chi connectivity index (χ4n) is 3.29. The van der Waals surface area contributed by atoms with E-state index >= 15 is 0 Å². The molecule has 0 radical (unpaired) electrons. The Morgan fingerprint density at radius 3 is 2.80 bits per heavy atom. The zero-order valence-electron chi connectivity index (χ0n) is 15.1. The summed E-state index contributed by atoms with van der Waals surface area (Å²) < 4.78 is 61.3. The molecule has 0 saturated heterocycles. The summed E-state index contributed by atoms with van der Waals surface area (Å²) in [5.74, 6) is -2.36. The third-order valence-corrected chi connectivity index (χ3v) is 5.14. The van der Waals surface area contributed by atoms with Crippen LogP contribution in [0.15, 0.2) is 47.4 Å². The Hall–Kier alpha value is -3.21. The van der Waals surface area contributed by atoms with Gasteiger partial charge in [0.05, 0.1) is 12.1 Å². The third kappa shape index (κ3) is 3.80. The van der Waals surface area contributed by atoms with Gasteiger partial charge in [0.15, 0.2) is 11.6 Å². The lowest BCUT2D eigenvalue weighted by Gasteiger charge is -2.38. The monoisotopic (exact) mass is 439 g/mol. The van der Waals surface area contributed by atoms with Crippen molar-refractivity contribution < 1.29 is 31.8 Å². The molecule has 2 aromatic heterocycles. The van der Waals surface area contributed by atoms with Gasteiger partial charge in [0.25, 0.3) is 5.91 Å². The molecule has 0 saturated carbocycles. The summed E-state index contributed by atoms with van der Waals surface area (Å²) in [5, 5.41) is 4.38. The quantitative estimate of drug-likeness (QED) is 0.622. The van der Waals surface area contributed by atoms with Crippen LogP contribution in [0.2, 0.25) is 0 Å². The number of halogens is 4. The number of hydrogen-bond donors (Lipinski definition) is 1. The van der Waals surface area contributed by atoms with Crippen molar-refractivity contribution in [3.8, 4) is 11.5 Å². The molecule has 11 heteroatoms. The Morgan fingerprint density at radius 2 is 2.10 bits per heavy atom. The number of benzene rings is 1. The molecular weight excluding hydrogens is 426 g/mol. The number of aromatic nitrogens is 2. The lowest BCUT2D eigenvalue weighted by atomic mass is 9.81. The first kappa shape index (κ1) is 20.1. The predicted octanol–water partition coefficient (Wildman–Crippen LogP) is 4.03. The van der Waals surface area contributed by atoms with Crippen molar-refractivity contribution in [2.24, 2.45) is 0 Å². The number of hydrogen-bond acceptors (Lipinski definition) is 6. The molecule has 1 aliphatic heterocycles. The minimum atomic E-state index is -5.04. The van der Waals surface area contributed by atoms with Crippen LogP contribution in [0.4, 0.5) is 17.6 Å². The van der Waals surface area contributed by atoms with E-state index in [4.69, 9.17) is 4.74 Å². The van der Waals surface area contributed by atoms with Crippen molar-refractivity contribution >= 4 is 17.2 Å². The van der Waals surface area contributed by atoms with E-state index in [9.17, 15) is 22.4 Å². The highest BCUT2D eigenvalue weighted by molar-refractivity contribution is 7.07. The molecule has 0 aliphatic carbocycles. The van der Waals surface area contributed by atoms with Gasteiger partial charge in [0.1, 0.15) is 22.7 Å². The van der Waals surface area contributed by atoms with Crippen LogP contribution in [-0.2, 0) is 5.54 Å². The lowest BCUT2D eigenvalue weighted by Crippen LogP contribution is -2.50. The number of nitrogens with zero attached hydrogens (tertiary/aromatic N) is 2. The summed E-state index contributed by atoms with van der Waals surface area (Å²) in [6.07, 6.45) is -3.38. The molecule has 4 rings (SSSR count). The molecule has 0 spiro atoms. The van der Waals surface area contributed by atoms with Crippen molar-refractivity contribution in [1.29, 1.82) is 0 Å². The molecule has 3 aromatic rings. The zero-order valence-corrected chi connectivity index (χ0v) is 15.9. The van der Waals surface area contributed by atoms with Crippen molar-refractivity contribution in [3.05, 3.63) is 70.2 Å². The SMILES string of the molecule is O=C(NC1(c2ccc(OC(F)(F)F)c(F)c2)CCOc2cccnc21)c1cscn1. The number of alkyl halides is 3. The number of rotatable bonds is 4. The maximum atomic E-state index is 14.5. The average molecular weight is 439 g/mol. The Morgan fingerprint density at radius 1 is 1.27 bits per heavy atom. The molecule has 1 aliphatic rings. The number of amides is 1. The van der Waals surface area contributed by atoms with Crippen LogP contribution in [0, 0.1) is 5.82 Å². The third-order valence-electron chi connectivity index (χ3n) is 4.55. The summed E-state index contributed by atoms with van der Waals surface area (Å²) in [6.45, 7) is 0.165. The highest BCUT2D eigenvalue weighted by Crippen LogP contribution is 2.42. The van der Waals surface area contributed by atoms with Crippen molar-refractivity contribution in [1.82, 2.24) is 15.3 Å². The molecule has 30 heavy (non-hydrogen) atoms. The van der Waals surface area contributed by atoms with Crippen molar-refractivity contribution in [3.63, 3.8) is 0 Å². The van der Waals surface area contributed by atoms with Gasteiger partial charge < -0.3 is 14.8 Å². The van der Waals surface area contributed by atoms with E-state index in [1.807, 2.05) is 0 Å². The summed E-state index contributed by atoms with van der Waals surface area (Å²) in [7, 11) is 0. The van der Waals surface area contributed by atoms with Gasteiger partial charge in [-0.2, -0.15) is 0 Å². The Labute approximate surface area is 171 Å². The van der Waals surface area contributed by atoms with Crippen molar-refractivity contribution in [2.75, 3.05) is 6.61 Å². The molecule has 0 bridgehead atoms. The Kier molecular flexibility index (Phi) is 5.06. The van der Waals surface area contributed by atoms with Crippen LogP contribution in [0.1, 0.15) is 28.2 Å². The molecule has 1 atom stereocenters. The highest BCUT2D eigenvalue weighted by Gasteiger charge is 2.43. The first-order valence-electron chi connectivity index (χ1n) is 8.63. The van der Waals surface area contributed by atoms with Crippen LogP contribution in [0.3, 0.4) is 0 Å². The lowest BCUT2D eigenvalue weighted by molar-refractivity contribution is -0.275. The Bertz CT molecular complexity index is 1080. The van der Waals surface area contributed by atoms with Crippen LogP contribution in [-0.4, -0.2) is 28.8 Å². The molecule has 156 valence electrons. The molecule has 6 nitrogen and oxygen atoms in total. The topological polar surface area (TPSA) is 73.3 Å². The van der Waals surface area contributed by atoms with Gasteiger partial charge in [-0.05, 0) is 29.8 Å². The van der Waals surface area contributed by atoms with Gasteiger partial charge in [0.2, 0.25) is 0 Å².